The Hall–Kier alpha value is -0.940. The SMILES string of the molecule is CC12OPOC1c1ccc(C#N)cc12. The molecule has 1 aromatic carbocycles. The number of benzene rings is 1. The fourth-order valence-corrected chi connectivity index (χ4v) is 2.97. The third-order valence-electron chi connectivity index (χ3n) is 2.92. The number of rotatable bonds is 0. The maximum Gasteiger partial charge on any atom is 0.156 e. The van der Waals surface area contributed by atoms with Crippen molar-refractivity contribution in [2.45, 2.75) is 18.6 Å². The molecule has 0 spiro atoms. The molecule has 1 aliphatic heterocycles. The molecule has 0 bridgehead atoms. The van der Waals surface area contributed by atoms with Gasteiger partial charge in [0.05, 0.1) is 11.6 Å². The minimum atomic E-state index is -0.305. The highest BCUT2D eigenvalue weighted by Crippen LogP contribution is 2.62. The molecule has 1 fully saturated rings. The second kappa shape index (κ2) is 2.55. The van der Waals surface area contributed by atoms with Crippen molar-refractivity contribution >= 4 is 9.03 Å². The predicted molar refractivity (Wildman–Crippen MR) is 51.7 cm³/mol. The minimum Gasteiger partial charge on any atom is -0.325 e. The van der Waals surface area contributed by atoms with E-state index in [-0.39, 0.29) is 20.7 Å². The van der Waals surface area contributed by atoms with E-state index in [0.29, 0.717) is 5.56 Å². The molecule has 1 heterocycles. The topological polar surface area (TPSA) is 42.2 Å². The van der Waals surface area contributed by atoms with E-state index in [1.54, 1.807) is 0 Å². The maximum absolute atomic E-state index is 8.78. The van der Waals surface area contributed by atoms with Crippen molar-refractivity contribution in [1.82, 2.24) is 0 Å². The second-order valence-corrected chi connectivity index (χ2v) is 4.31. The van der Waals surface area contributed by atoms with Gasteiger partial charge in [0.25, 0.3) is 0 Å². The first-order valence-corrected chi connectivity index (χ1v) is 5.20. The van der Waals surface area contributed by atoms with Crippen LogP contribution >= 0.6 is 9.03 Å². The van der Waals surface area contributed by atoms with E-state index in [0.717, 1.165) is 11.1 Å². The molecule has 3 unspecified atom stereocenters. The van der Waals surface area contributed by atoms with Crippen molar-refractivity contribution < 1.29 is 9.05 Å². The minimum absolute atomic E-state index is 0.0728. The van der Waals surface area contributed by atoms with Gasteiger partial charge in [-0.1, -0.05) is 6.07 Å². The van der Waals surface area contributed by atoms with Crippen molar-refractivity contribution in [3.8, 4) is 6.07 Å². The van der Waals surface area contributed by atoms with E-state index in [1.807, 2.05) is 25.1 Å². The lowest BCUT2D eigenvalue weighted by Crippen LogP contribution is -2.38. The van der Waals surface area contributed by atoms with Crippen LogP contribution in [0.5, 0.6) is 0 Å². The van der Waals surface area contributed by atoms with Crippen molar-refractivity contribution in [3.05, 3.63) is 34.9 Å². The Bertz CT molecular complexity index is 454. The fourth-order valence-electron chi connectivity index (χ4n) is 2.09. The van der Waals surface area contributed by atoms with Crippen molar-refractivity contribution in [3.63, 3.8) is 0 Å². The molecule has 3 atom stereocenters. The first-order valence-electron chi connectivity index (χ1n) is 4.39. The molecule has 3 nitrogen and oxygen atoms in total. The molecular formula is C10H8NO2P. The number of nitrogens with zero attached hydrogens (tertiary/aromatic N) is 1. The Labute approximate surface area is 83.6 Å². The Morgan fingerprint density at radius 3 is 3.21 bits per heavy atom. The van der Waals surface area contributed by atoms with E-state index in [4.69, 9.17) is 14.3 Å². The van der Waals surface area contributed by atoms with Crippen molar-refractivity contribution in [2.75, 3.05) is 0 Å². The van der Waals surface area contributed by atoms with Crippen LogP contribution in [0.2, 0.25) is 0 Å². The number of fused-ring (bicyclic) bond motifs is 4. The molecular weight excluding hydrogens is 197 g/mol. The average Bonchev–Trinajstić information content (AvgIpc) is 2.55. The van der Waals surface area contributed by atoms with Crippen molar-refractivity contribution in [1.29, 1.82) is 5.26 Å². The van der Waals surface area contributed by atoms with Gasteiger partial charge in [-0.25, -0.2) is 0 Å². The summed E-state index contributed by atoms with van der Waals surface area (Å²) in [4.78, 5) is 0. The average molecular weight is 205 g/mol. The third kappa shape index (κ3) is 0.815. The molecule has 0 aromatic heterocycles. The first-order chi connectivity index (χ1) is 6.75. The zero-order valence-electron chi connectivity index (χ0n) is 7.57. The van der Waals surface area contributed by atoms with E-state index in [2.05, 4.69) is 6.07 Å². The summed E-state index contributed by atoms with van der Waals surface area (Å²) < 4.78 is 11.0. The normalized spacial score (nSPS) is 34.4. The number of nitriles is 1. The lowest BCUT2D eigenvalue weighted by atomic mass is 9.71. The molecule has 0 saturated carbocycles. The molecule has 4 heteroatoms. The Morgan fingerprint density at radius 2 is 2.43 bits per heavy atom. The van der Waals surface area contributed by atoms with Crippen LogP contribution in [0.1, 0.15) is 29.7 Å². The Kier molecular flexibility index (Phi) is 1.52. The van der Waals surface area contributed by atoms with Gasteiger partial charge in [-0.05, 0) is 30.2 Å². The molecule has 3 rings (SSSR count). The van der Waals surface area contributed by atoms with Crippen LogP contribution in [0.3, 0.4) is 0 Å². The quantitative estimate of drug-likeness (QED) is 0.610. The van der Waals surface area contributed by atoms with Crippen molar-refractivity contribution in [2.24, 2.45) is 0 Å². The predicted octanol–water partition coefficient (Wildman–Crippen LogP) is 2.38. The van der Waals surface area contributed by atoms with Crippen LogP contribution in [0.25, 0.3) is 0 Å². The molecule has 0 radical (unpaired) electrons. The van der Waals surface area contributed by atoms with Crippen LogP contribution in [0, 0.1) is 11.3 Å². The summed E-state index contributed by atoms with van der Waals surface area (Å²) >= 11 is 0. The third-order valence-corrected chi connectivity index (χ3v) is 3.76. The summed E-state index contributed by atoms with van der Waals surface area (Å²) in [6, 6.07) is 7.81. The van der Waals surface area contributed by atoms with Gasteiger partial charge >= 0.3 is 0 Å². The lowest BCUT2D eigenvalue weighted by Gasteiger charge is -2.40. The summed E-state index contributed by atoms with van der Waals surface area (Å²) in [6.07, 6.45) is 0.0728. The summed E-state index contributed by atoms with van der Waals surface area (Å²) in [5.41, 5.74) is 2.64. The van der Waals surface area contributed by atoms with Gasteiger partial charge in [0.15, 0.2) is 9.03 Å². The Balaban J connectivity index is 2.16. The highest BCUT2D eigenvalue weighted by Gasteiger charge is 2.54. The van der Waals surface area contributed by atoms with Crippen LogP contribution in [0.4, 0.5) is 0 Å². The van der Waals surface area contributed by atoms with E-state index < -0.39 is 0 Å². The molecule has 14 heavy (non-hydrogen) atoms. The standard InChI is InChI=1S/C10H8NO2P/c1-10-8-4-6(5-11)2-3-7(8)9(10)12-14-13-10/h2-4,9,14H,1H3. The van der Waals surface area contributed by atoms with Gasteiger partial charge in [-0.3, -0.25) is 0 Å². The van der Waals surface area contributed by atoms with Gasteiger partial charge in [0.2, 0.25) is 0 Å². The number of hydrogen-bond donors (Lipinski definition) is 0. The summed E-state index contributed by atoms with van der Waals surface area (Å²) in [6.45, 7) is 2.02. The van der Waals surface area contributed by atoms with Crippen LogP contribution < -0.4 is 0 Å². The van der Waals surface area contributed by atoms with Gasteiger partial charge < -0.3 is 9.05 Å². The maximum atomic E-state index is 8.78. The van der Waals surface area contributed by atoms with Crippen LogP contribution in [-0.4, -0.2) is 0 Å². The van der Waals surface area contributed by atoms with E-state index in [9.17, 15) is 0 Å². The smallest absolute Gasteiger partial charge is 0.156 e. The largest absolute Gasteiger partial charge is 0.325 e. The number of hydrogen-bond acceptors (Lipinski definition) is 3. The van der Waals surface area contributed by atoms with Crippen LogP contribution in [0.15, 0.2) is 18.2 Å². The molecule has 1 aromatic rings. The summed E-state index contributed by atoms with van der Waals surface area (Å²) in [7, 11) is 0.114. The van der Waals surface area contributed by atoms with Gasteiger partial charge in [-0.15, -0.1) is 0 Å². The van der Waals surface area contributed by atoms with Gasteiger partial charge in [0.1, 0.15) is 11.7 Å². The van der Waals surface area contributed by atoms with E-state index >= 15 is 0 Å². The highest BCUT2D eigenvalue weighted by atomic mass is 31.1. The molecule has 2 aliphatic rings. The summed E-state index contributed by atoms with van der Waals surface area (Å²) in [5, 5.41) is 8.78. The summed E-state index contributed by atoms with van der Waals surface area (Å²) in [5.74, 6) is 0. The zero-order chi connectivity index (χ0) is 9.76. The van der Waals surface area contributed by atoms with Gasteiger partial charge in [-0.2, -0.15) is 5.26 Å². The highest BCUT2D eigenvalue weighted by molar-refractivity contribution is 7.26. The molecule has 0 N–H and O–H groups in total. The molecule has 0 amide bonds. The van der Waals surface area contributed by atoms with E-state index in [1.165, 1.54) is 0 Å². The first kappa shape index (κ1) is 8.38. The fraction of sp³-hybridized carbons (Fsp3) is 0.300. The lowest BCUT2D eigenvalue weighted by molar-refractivity contribution is 0.0158. The van der Waals surface area contributed by atoms with Gasteiger partial charge in [0, 0.05) is 0 Å². The Morgan fingerprint density at radius 1 is 1.57 bits per heavy atom. The second-order valence-electron chi connectivity index (χ2n) is 3.70. The molecule has 1 aliphatic carbocycles. The van der Waals surface area contributed by atoms with Crippen LogP contribution in [-0.2, 0) is 14.6 Å². The monoisotopic (exact) mass is 205 g/mol. The molecule has 70 valence electrons. The molecule has 1 saturated heterocycles. The zero-order valence-corrected chi connectivity index (χ0v) is 8.57.